The van der Waals surface area contributed by atoms with E-state index in [2.05, 4.69) is 11.4 Å². The number of carbonyl (C=O) groups excluding carboxylic acids is 2. The maximum atomic E-state index is 12.1. The van der Waals surface area contributed by atoms with Crippen molar-refractivity contribution in [2.45, 2.75) is 18.9 Å². The van der Waals surface area contributed by atoms with Crippen LogP contribution in [0, 0.1) is 0 Å². The molecule has 130 valence electrons. The minimum absolute atomic E-state index is 0.000490. The van der Waals surface area contributed by atoms with Crippen molar-refractivity contribution < 1.29 is 14.3 Å². The van der Waals surface area contributed by atoms with Crippen molar-refractivity contribution in [1.82, 2.24) is 5.32 Å². The highest BCUT2D eigenvalue weighted by Gasteiger charge is 2.23. The molecule has 1 N–H and O–H groups in total. The molecule has 25 heavy (non-hydrogen) atoms. The molecule has 0 heterocycles. The van der Waals surface area contributed by atoms with Crippen molar-refractivity contribution in [2.24, 2.45) is 0 Å². The second kappa shape index (κ2) is 7.38. The molecule has 3 rings (SSSR count). The number of nitrogens with one attached hydrogen (secondary N) is 1. The topological polar surface area (TPSA) is 58.6 Å². The van der Waals surface area contributed by atoms with Crippen LogP contribution in [0.1, 0.15) is 33.9 Å². The van der Waals surface area contributed by atoms with Gasteiger partial charge in [-0.2, -0.15) is 0 Å². The number of hydrogen-bond donors (Lipinski definition) is 1. The minimum atomic E-state index is -0.495. The molecule has 0 spiro atoms. The van der Waals surface area contributed by atoms with Crippen molar-refractivity contribution in [3.8, 4) is 0 Å². The highest BCUT2D eigenvalue weighted by atomic mass is 16.5. The third-order valence-corrected chi connectivity index (χ3v) is 4.40. The number of hydrogen-bond acceptors (Lipinski definition) is 4. The van der Waals surface area contributed by atoms with Crippen LogP contribution >= 0.6 is 0 Å². The van der Waals surface area contributed by atoms with Gasteiger partial charge in [0.25, 0.3) is 5.91 Å². The first-order chi connectivity index (χ1) is 12.0. The number of anilines is 1. The lowest BCUT2D eigenvalue weighted by Gasteiger charge is -2.15. The molecule has 0 radical (unpaired) electrons. The maximum absolute atomic E-state index is 12.1. The summed E-state index contributed by atoms with van der Waals surface area (Å²) < 4.78 is 5.15. The molecule has 0 bridgehead atoms. The molecule has 0 aliphatic heterocycles. The van der Waals surface area contributed by atoms with E-state index >= 15 is 0 Å². The lowest BCUT2D eigenvalue weighted by molar-refractivity contribution is -0.125. The van der Waals surface area contributed by atoms with Crippen LogP contribution in [-0.2, 0) is 16.0 Å². The molecule has 0 fully saturated rings. The van der Waals surface area contributed by atoms with E-state index in [1.807, 2.05) is 43.3 Å². The van der Waals surface area contributed by atoms with Crippen LogP contribution in [0.5, 0.6) is 0 Å². The van der Waals surface area contributed by atoms with Gasteiger partial charge in [-0.25, -0.2) is 4.79 Å². The van der Waals surface area contributed by atoms with Crippen molar-refractivity contribution in [3.05, 3.63) is 65.2 Å². The number of nitrogens with zero attached hydrogens (tertiary/aromatic N) is 1. The summed E-state index contributed by atoms with van der Waals surface area (Å²) in [6.45, 7) is -0.274. The van der Waals surface area contributed by atoms with Crippen LogP contribution in [0.25, 0.3) is 0 Å². The molecule has 2 aromatic rings. The normalized spacial score (nSPS) is 15.4. The number of esters is 1. The number of ether oxygens (including phenoxy) is 1. The molecule has 2 aromatic carbocycles. The summed E-state index contributed by atoms with van der Waals surface area (Å²) in [5.41, 5.74) is 3.76. The Kier molecular flexibility index (Phi) is 5.03. The molecular weight excluding hydrogens is 316 g/mol. The molecule has 5 nitrogen and oxygen atoms in total. The quantitative estimate of drug-likeness (QED) is 0.852. The molecule has 1 aliphatic carbocycles. The largest absolute Gasteiger partial charge is 0.452 e. The summed E-state index contributed by atoms with van der Waals surface area (Å²) in [5.74, 6) is -0.774. The molecule has 1 unspecified atom stereocenters. The minimum Gasteiger partial charge on any atom is -0.452 e. The number of benzene rings is 2. The van der Waals surface area contributed by atoms with Gasteiger partial charge in [0.05, 0.1) is 11.6 Å². The van der Waals surface area contributed by atoms with Gasteiger partial charge in [0.1, 0.15) is 0 Å². The number of carbonyl (C=O) groups is 2. The molecule has 1 aliphatic rings. The average Bonchev–Trinajstić information content (AvgIpc) is 3.03. The van der Waals surface area contributed by atoms with Gasteiger partial charge in [-0.1, -0.05) is 30.3 Å². The van der Waals surface area contributed by atoms with Gasteiger partial charge in [-0.3, -0.25) is 4.79 Å². The smallest absolute Gasteiger partial charge is 0.338 e. The van der Waals surface area contributed by atoms with Crippen LogP contribution in [-0.4, -0.2) is 32.6 Å². The third-order valence-electron chi connectivity index (χ3n) is 4.40. The summed E-state index contributed by atoms with van der Waals surface area (Å²) in [4.78, 5) is 26.2. The number of rotatable bonds is 5. The van der Waals surface area contributed by atoms with Crippen molar-refractivity contribution >= 4 is 17.6 Å². The summed E-state index contributed by atoms with van der Waals surface area (Å²) >= 11 is 0. The second-order valence-electron chi connectivity index (χ2n) is 6.38. The number of amides is 1. The summed E-state index contributed by atoms with van der Waals surface area (Å²) in [5, 5.41) is 2.95. The van der Waals surface area contributed by atoms with Crippen LogP contribution in [0.3, 0.4) is 0 Å². The molecular formula is C20H22N2O3. The average molecular weight is 338 g/mol. The van der Waals surface area contributed by atoms with Crippen molar-refractivity contribution in [3.63, 3.8) is 0 Å². The first-order valence-corrected chi connectivity index (χ1v) is 8.36. The predicted octanol–water partition coefficient (Wildman–Crippen LogP) is 2.71. The Balaban J connectivity index is 1.54. The molecule has 5 heteroatoms. The summed E-state index contributed by atoms with van der Waals surface area (Å²) in [7, 11) is 3.80. The highest BCUT2D eigenvalue weighted by molar-refractivity contribution is 5.92. The van der Waals surface area contributed by atoms with Crippen LogP contribution in [0.4, 0.5) is 5.69 Å². The zero-order chi connectivity index (χ0) is 17.8. The first-order valence-electron chi connectivity index (χ1n) is 8.36. The van der Waals surface area contributed by atoms with E-state index in [0.717, 1.165) is 24.1 Å². The molecule has 1 atom stereocenters. The summed E-state index contributed by atoms with van der Waals surface area (Å²) in [6.07, 6.45) is 1.84. The molecule has 0 aromatic heterocycles. The van der Waals surface area contributed by atoms with Crippen LogP contribution in [0.2, 0.25) is 0 Å². The van der Waals surface area contributed by atoms with E-state index < -0.39 is 5.97 Å². The molecule has 0 saturated carbocycles. The SMILES string of the molecule is CN(C)c1cccc(C(=O)OCC(=O)NC2CCc3ccccc32)c1. The fourth-order valence-electron chi connectivity index (χ4n) is 3.07. The first kappa shape index (κ1) is 17.0. The van der Waals surface area contributed by atoms with Gasteiger partial charge in [-0.15, -0.1) is 0 Å². The zero-order valence-electron chi connectivity index (χ0n) is 14.5. The third kappa shape index (κ3) is 3.99. The Labute approximate surface area is 147 Å². The fraction of sp³-hybridized carbons (Fsp3) is 0.300. The van der Waals surface area contributed by atoms with E-state index in [1.165, 1.54) is 5.56 Å². The molecule has 0 saturated heterocycles. The highest BCUT2D eigenvalue weighted by Crippen LogP contribution is 2.30. The van der Waals surface area contributed by atoms with E-state index in [0.29, 0.717) is 5.56 Å². The van der Waals surface area contributed by atoms with E-state index in [-0.39, 0.29) is 18.6 Å². The lowest BCUT2D eigenvalue weighted by Crippen LogP contribution is -2.31. The van der Waals surface area contributed by atoms with E-state index in [9.17, 15) is 9.59 Å². The Morgan fingerprint density at radius 3 is 2.76 bits per heavy atom. The Morgan fingerprint density at radius 2 is 1.96 bits per heavy atom. The van der Waals surface area contributed by atoms with Gasteiger partial charge in [0.15, 0.2) is 6.61 Å². The molecule has 1 amide bonds. The fourth-order valence-corrected chi connectivity index (χ4v) is 3.07. The Morgan fingerprint density at radius 1 is 1.16 bits per heavy atom. The maximum Gasteiger partial charge on any atom is 0.338 e. The lowest BCUT2D eigenvalue weighted by atomic mass is 10.1. The van der Waals surface area contributed by atoms with Gasteiger partial charge in [0.2, 0.25) is 0 Å². The predicted molar refractivity (Wildman–Crippen MR) is 96.7 cm³/mol. The van der Waals surface area contributed by atoms with Crippen LogP contribution < -0.4 is 10.2 Å². The Hall–Kier alpha value is -2.82. The van der Waals surface area contributed by atoms with Gasteiger partial charge < -0.3 is 15.0 Å². The second-order valence-corrected chi connectivity index (χ2v) is 6.38. The zero-order valence-corrected chi connectivity index (χ0v) is 14.5. The van der Waals surface area contributed by atoms with E-state index in [4.69, 9.17) is 4.74 Å². The van der Waals surface area contributed by atoms with Gasteiger partial charge >= 0.3 is 5.97 Å². The standard InChI is InChI=1S/C20H22N2O3/c1-22(2)16-8-5-7-15(12-16)20(24)25-13-19(23)21-18-11-10-14-6-3-4-9-17(14)18/h3-9,12,18H,10-11,13H2,1-2H3,(H,21,23). The van der Waals surface area contributed by atoms with Crippen LogP contribution in [0.15, 0.2) is 48.5 Å². The van der Waals surface area contributed by atoms with Crippen molar-refractivity contribution in [2.75, 3.05) is 25.6 Å². The number of aryl methyl sites for hydroxylation is 1. The monoisotopic (exact) mass is 338 g/mol. The van der Waals surface area contributed by atoms with Gasteiger partial charge in [-0.05, 0) is 42.2 Å². The Bertz CT molecular complexity index is 786. The summed E-state index contributed by atoms with van der Waals surface area (Å²) in [6, 6.07) is 15.2. The van der Waals surface area contributed by atoms with Crippen molar-refractivity contribution in [1.29, 1.82) is 0 Å². The van der Waals surface area contributed by atoms with E-state index in [1.54, 1.807) is 18.2 Å². The number of fused-ring (bicyclic) bond motifs is 1. The van der Waals surface area contributed by atoms with Gasteiger partial charge in [0, 0.05) is 19.8 Å².